The van der Waals surface area contributed by atoms with Gasteiger partial charge in [-0.25, -0.2) is 14.6 Å². The maximum Gasteiger partial charge on any atom is 0.407 e. The van der Waals surface area contributed by atoms with E-state index < -0.39 is 17.7 Å². The van der Waals surface area contributed by atoms with Crippen LogP contribution in [0.3, 0.4) is 0 Å². The van der Waals surface area contributed by atoms with Gasteiger partial charge in [-0.2, -0.15) is 0 Å². The molecule has 2 aromatic rings. The van der Waals surface area contributed by atoms with E-state index >= 15 is 0 Å². The number of benzene rings is 1. The molecule has 1 amide bonds. The first kappa shape index (κ1) is 35.7. The lowest BCUT2D eigenvalue weighted by Gasteiger charge is -2.19. The van der Waals surface area contributed by atoms with Crippen LogP contribution < -0.4 is 14.8 Å². The number of carbonyl (C=O) groups excluding carboxylic acids is 2. The van der Waals surface area contributed by atoms with Gasteiger partial charge < -0.3 is 47.9 Å². The molecule has 240 valence electrons. The Hall–Kier alpha value is -3.49. The second-order valence-corrected chi connectivity index (χ2v) is 9.79. The quantitative estimate of drug-likeness (QED) is 0.154. The summed E-state index contributed by atoms with van der Waals surface area (Å²) in [6.07, 6.45) is 0.934. The van der Waals surface area contributed by atoms with E-state index in [1.54, 1.807) is 24.3 Å². The number of alkyl carbamates (subject to hydrolysis) is 1. The molecule has 0 unspecified atom stereocenters. The first-order valence-corrected chi connectivity index (χ1v) is 14.1. The Morgan fingerprint density at radius 2 is 1.30 bits per heavy atom. The summed E-state index contributed by atoms with van der Waals surface area (Å²) < 4.78 is 48.5. The van der Waals surface area contributed by atoms with E-state index in [1.165, 1.54) is 13.3 Å². The molecule has 0 saturated heterocycles. The van der Waals surface area contributed by atoms with Gasteiger partial charge in [0.1, 0.15) is 23.7 Å². The number of hydrogen-bond acceptors (Lipinski definition) is 12. The predicted molar refractivity (Wildman–Crippen MR) is 156 cm³/mol. The molecule has 43 heavy (non-hydrogen) atoms. The SMILES string of the molecule is COC(=O)c1ccc(Oc2cccc(OCCOCCOCCOCCOCCOCCNC(=O)OC(C)(C)C)c2)nc1. The van der Waals surface area contributed by atoms with E-state index in [2.05, 4.69) is 15.0 Å². The number of esters is 1. The summed E-state index contributed by atoms with van der Waals surface area (Å²) in [5.74, 6) is 1.06. The topological polar surface area (TPSA) is 142 Å². The molecule has 0 fully saturated rings. The minimum Gasteiger partial charge on any atom is -0.491 e. The monoisotopic (exact) mass is 608 g/mol. The third kappa shape index (κ3) is 17.9. The Morgan fingerprint density at radius 3 is 1.84 bits per heavy atom. The van der Waals surface area contributed by atoms with Crippen LogP contribution in [-0.2, 0) is 33.2 Å². The first-order chi connectivity index (χ1) is 20.8. The molecule has 13 nitrogen and oxygen atoms in total. The van der Waals surface area contributed by atoms with Crippen molar-refractivity contribution >= 4 is 12.1 Å². The fourth-order valence-corrected chi connectivity index (χ4v) is 3.17. The van der Waals surface area contributed by atoms with Crippen LogP contribution in [-0.4, -0.2) is 109 Å². The van der Waals surface area contributed by atoms with Crippen molar-refractivity contribution in [3.05, 3.63) is 48.2 Å². The van der Waals surface area contributed by atoms with Gasteiger partial charge in [0.15, 0.2) is 0 Å². The van der Waals surface area contributed by atoms with Gasteiger partial charge in [0.25, 0.3) is 0 Å². The van der Waals surface area contributed by atoms with Crippen LogP contribution >= 0.6 is 0 Å². The Bertz CT molecular complexity index is 1050. The summed E-state index contributed by atoms with van der Waals surface area (Å²) in [5, 5.41) is 2.62. The number of amides is 1. The highest BCUT2D eigenvalue weighted by Crippen LogP contribution is 2.24. The molecule has 1 aromatic heterocycles. The number of carbonyl (C=O) groups is 2. The van der Waals surface area contributed by atoms with Crippen LogP contribution in [0.2, 0.25) is 0 Å². The zero-order valence-corrected chi connectivity index (χ0v) is 25.5. The summed E-state index contributed by atoms with van der Waals surface area (Å²) in [6, 6.07) is 10.3. The van der Waals surface area contributed by atoms with E-state index in [0.717, 1.165) is 0 Å². The van der Waals surface area contributed by atoms with Gasteiger partial charge in [0.05, 0.1) is 78.7 Å². The van der Waals surface area contributed by atoms with Gasteiger partial charge in [-0.1, -0.05) is 6.07 Å². The van der Waals surface area contributed by atoms with Gasteiger partial charge in [-0.15, -0.1) is 0 Å². The highest BCUT2D eigenvalue weighted by molar-refractivity contribution is 5.88. The van der Waals surface area contributed by atoms with Crippen LogP contribution in [0.4, 0.5) is 4.79 Å². The third-order valence-electron chi connectivity index (χ3n) is 5.08. The third-order valence-corrected chi connectivity index (χ3v) is 5.08. The van der Waals surface area contributed by atoms with Gasteiger partial charge >= 0.3 is 12.1 Å². The fourth-order valence-electron chi connectivity index (χ4n) is 3.17. The molecular formula is C30H44N2O11. The summed E-state index contributed by atoms with van der Waals surface area (Å²) in [7, 11) is 1.31. The van der Waals surface area contributed by atoms with Crippen molar-refractivity contribution < 1.29 is 52.2 Å². The molecular weight excluding hydrogens is 564 g/mol. The van der Waals surface area contributed by atoms with Crippen molar-refractivity contribution in [1.29, 1.82) is 0 Å². The van der Waals surface area contributed by atoms with E-state index in [9.17, 15) is 9.59 Å². The zero-order chi connectivity index (χ0) is 31.2. The highest BCUT2D eigenvalue weighted by atomic mass is 16.6. The molecule has 0 bridgehead atoms. The van der Waals surface area contributed by atoms with E-state index in [4.69, 9.17) is 37.9 Å². The van der Waals surface area contributed by atoms with Crippen LogP contribution in [0.5, 0.6) is 17.4 Å². The zero-order valence-electron chi connectivity index (χ0n) is 25.5. The number of nitrogens with one attached hydrogen (secondary N) is 1. The average Bonchev–Trinajstić information content (AvgIpc) is 2.97. The lowest BCUT2D eigenvalue weighted by Crippen LogP contribution is -2.34. The van der Waals surface area contributed by atoms with Gasteiger partial charge in [0, 0.05) is 24.9 Å². The first-order valence-electron chi connectivity index (χ1n) is 14.1. The van der Waals surface area contributed by atoms with Crippen molar-refractivity contribution in [1.82, 2.24) is 10.3 Å². The molecule has 1 heterocycles. The summed E-state index contributed by atoms with van der Waals surface area (Å²) in [4.78, 5) is 27.1. The standard InChI is InChI=1S/C30H44N2O11/c1-30(2,3)43-29(34)31-10-11-36-12-13-37-14-15-38-16-17-39-18-19-40-20-21-41-25-6-5-7-26(22-25)42-27-9-8-24(23-32-27)28(33)35-4/h5-9,22-23H,10-21H2,1-4H3,(H,31,34). The smallest absolute Gasteiger partial charge is 0.407 e. The predicted octanol–water partition coefficient (Wildman–Crippen LogP) is 3.65. The fraction of sp³-hybridized carbons (Fsp3) is 0.567. The number of methoxy groups -OCH3 is 1. The Morgan fingerprint density at radius 1 is 0.744 bits per heavy atom. The Kier molecular flexibility index (Phi) is 17.6. The minimum absolute atomic E-state index is 0.343. The average molecular weight is 609 g/mol. The molecule has 0 aliphatic rings. The number of ether oxygens (including phenoxy) is 9. The van der Waals surface area contributed by atoms with E-state index in [0.29, 0.717) is 102 Å². The lowest BCUT2D eigenvalue weighted by molar-refractivity contribution is -0.0126. The van der Waals surface area contributed by atoms with Crippen molar-refractivity contribution in [2.45, 2.75) is 26.4 Å². The maximum absolute atomic E-state index is 11.5. The summed E-state index contributed by atoms with van der Waals surface area (Å²) in [5.41, 5.74) is -0.175. The lowest BCUT2D eigenvalue weighted by atomic mass is 10.2. The molecule has 13 heteroatoms. The number of rotatable bonds is 22. The van der Waals surface area contributed by atoms with Gasteiger partial charge in [-0.3, -0.25) is 0 Å². The number of hydrogen-bond donors (Lipinski definition) is 1. The normalized spacial score (nSPS) is 11.2. The second-order valence-electron chi connectivity index (χ2n) is 9.79. The summed E-state index contributed by atoms with van der Waals surface area (Å²) >= 11 is 0. The van der Waals surface area contributed by atoms with Crippen molar-refractivity contribution in [3.8, 4) is 17.4 Å². The minimum atomic E-state index is -0.518. The second kappa shape index (κ2) is 21.2. The van der Waals surface area contributed by atoms with Crippen LogP contribution in [0.1, 0.15) is 31.1 Å². The molecule has 2 rings (SSSR count). The maximum atomic E-state index is 11.5. The van der Waals surface area contributed by atoms with Crippen LogP contribution in [0.15, 0.2) is 42.6 Å². The molecule has 0 saturated carbocycles. The molecule has 1 N–H and O–H groups in total. The molecule has 0 aliphatic carbocycles. The van der Waals surface area contributed by atoms with E-state index in [-0.39, 0.29) is 0 Å². The molecule has 0 radical (unpaired) electrons. The molecule has 0 aliphatic heterocycles. The summed E-state index contributed by atoms with van der Waals surface area (Å²) in [6.45, 7) is 10.6. The molecule has 0 spiro atoms. The van der Waals surface area contributed by atoms with Gasteiger partial charge in [-0.05, 0) is 39.0 Å². The number of pyridine rings is 1. The van der Waals surface area contributed by atoms with Crippen LogP contribution in [0.25, 0.3) is 0 Å². The molecule has 0 atom stereocenters. The Balaban J connectivity index is 1.36. The van der Waals surface area contributed by atoms with Crippen molar-refractivity contribution in [2.24, 2.45) is 0 Å². The van der Waals surface area contributed by atoms with Crippen molar-refractivity contribution in [2.75, 3.05) is 86.3 Å². The number of nitrogens with zero attached hydrogens (tertiary/aromatic N) is 1. The van der Waals surface area contributed by atoms with Crippen molar-refractivity contribution in [3.63, 3.8) is 0 Å². The van der Waals surface area contributed by atoms with Gasteiger partial charge in [0.2, 0.25) is 5.88 Å². The van der Waals surface area contributed by atoms with E-state index in [1.807, 2.05) is 32.9 Å². The Labute approximate surface area is 253 Å². The van der Waals surface area contributed by atoms with Crippen LogP contribution in [0, 0.1) is 0 Å². The largest absolute Gasteiger partial charge is 0.491 e. The molecule has 1 aromatic carbocycles. The number of aromatic nitrogens is 1. The highest BCUT2D eigenvalue weighted by Gasteiger charge is 2.15.